The van der Waals surface area contributed by atoms with Crippen molar-refractivity contribution < 1.29 is 9.59 Å². The van der Waals surface area contributed by atoms with Crippen molar-refractivity contribution in [1.29, 1.82) is 5.26 Å². The Hall–Kier alpha value is -3.97. The molecule has 2 N–H and O–H groups in total. The van der Waals surface area contributed by atoms with E-state index >= 15 is 0 Å². The number of aromatic nitrogens is 4. The molecule has 5 rings (SSSR count). The van der Waals surface area contributed by atoms with E-state index in [9.17, 15) is 9.59 Å². The van der Waals surface area contributed by atoms with Crippen LogP contribution in [0.15, 0.2) is 48.8 Å². The number of hydrogen-bond acceptors (Lipinski definition) is 6. The van der Waals surface area contributed by atoms with Crippen molar-refractivity contribution in [1.82, 2.24) is 24.6 Å². The topological polar surface area (TPSA) is 120 Å². The van der Waals surface area contributed by atoms with Crippen LogP contribution in [0.3, 0.4) is 0 Å². The lowest BCUT2D eigenvalue weighted by Gasteiger charge is -2.34. The minimum absolute atomic E-state index is 0.0473. The third kappa shape index (κ3) is 4.10. The van der Waals surface area contributed by atoms with E-state index in [1.165, 1.54) is 11.3 Å². The summed E-state index contributed by atoms with van der Waals surface area (Å²) in [5.74, 6) is 0.0566. The summed E-state index contributed by atoms with van der Waals surface area (Å²) in [5, 5.41) is 18.6. The van der Waals surface area contributed by atoms with Crippen LogP contribution in [-0.2, 0) is 4.79 Å². The Kier molecular flexibility index (Phi) is 5.62. The van der Waals surface area contributed by atoms with Crippen molar-refractivity contribution in [3.05, 3.63) is 53.7 Å². The van der Waals surface area contributed by atoms with E-state index < -0.39 is 0 Å². The summed E-state index contributed by atoms with van der Waals surface area (Å²) in [7, 11) is 0. The van der Waals surface area contributed by atoms with Gasteiger partial charge in [0.2, 0.25) is 11.9 Å². The predicted molar refractivity (Wildman–Crippen MR) is 125 cm³/mol. The lowest BCUT2D eigenvalue weighted by atomic mass is 10.0. The van der Waals surface area contributed by atoms with E-state index in [0.29, 0.717) is 23.9 Å². The number of para-hydroxylation sites is 2. The number of nitrogens with zero attached hydrogens (tertiary/aromatic N) is 5. The molecule has 1 aromatic carbocycles. The minimum atomic E-state index is -0.237. The number of imidazole rings is 1. The van der Waals surface area contributed by atoms with Gasteiger partial charge in [-0.15, -0.1) is 11.3 Å². The van der Waals surface area contributed by atoms with Gasteiger partial charge in [-0.3, -0.25) is 20.0 Å². The summed E-state index contributed by atoms with van der Waals surface area (Å²) in [6.45, 7) is 1.12. The Balaban J connectivity index is 1.44. The molecule has 1 fully saturated rings. The SMILES string of the molecule is N#CCC(=O)N1CCCC(n2c(NC(=O)c3ccc(-c4cn[nH]c4)s3)nc3ccccc32)C1. The predicted octanol–water partition coefficient (Wildman–Crippen LogP) is 3.82. The number of H-pyrrole nitrogens is 1. The molecule has 33 heavy (non-hydrogen) atoms. The molecule has 9 nitrogen and oxygen atoms in total. The first-order valence-electron chi connectivity index (χ1n) is 10.7. The highest BCUT2D eigenvalue weighted by Crippen LogP contribution is 2.32. The molecule has 1 aliphatic heterocycles. The highest BCUT2D eigenvalue weighted by Gasteiger charge is 2.28. The molecule has 1 unspecified atom stereocenters. The first-order chi connectivity index (χ1) is 16.1. The van der Waals surface area contributed by atoms with Crippen molar-refractivity contribution in [3.8, 4) is 16.5 Å². The second kappa shape index (κ2) is 8.88. The first kappa shape index (κ1) is 20.9. The molecule has 2 amide bonds. The average molecular weight is 460 g/mol. The number of fused-ring (bicyclic) bond motifs is 1. The zero-order chi connectivity index (χ0) is 22.8. The van der Waals surface area contributed by atoms with Crippen molar-refractivity contribution in [2.45, 2.75) is 25.3 Å². The molecule has 4 heterocycles. The van der Waals surface area contributed by atoms with Crippen molar-refractivity contribution in [2.24, 2.45) is 0 Å². The number of piperidine rings is 1. The van der Waals surface area contributed by atoms with Gasteiger partial charge in [-0.05, 0) is 37.1 Å². The number of rotatable bonds is 5. The number of hydrogen-bond donors (Lipinski definition) is 2. The third-order valence-electron chi connectivity index (χ3n) is 5.78. The number of thiophene rings is 1. The number of benzene rings is 1. The normalized spacial score (nSPS) is 16.0. The molecule has 0 spiro atoms. The van der Waals surface area contributed by atoms with Gasteiger partial charge in [-0.25, -0.2) is 4.98 Å². The van der Waals surface area contributed by atoms with Gasteiger partial charge in [0.25, 0.3) is 5.91 Å². The largest absolute Gasteiger partial charge is 0.340 e. The third-order valence-corrected chi connectivity index (χ3v) is 6.91. The summed E-state index contributed by atoms with van der Waals surface area (Å²) in [5.41, 5.74) is 2.60. The highest BCUT2D eigenvalue weighted by atomic mass is 32.1. The number of nitrogens with one attached hydrogen (secondary N) is 2. The molecule has 0 radical (unpaired) electrons. The van der Waals surface area contributed by atoms with E-state index in [1.54, 1.807) is 23.4 Å². The Morgan fingerprint density at radius 3 is 2.97 bits per heavy atom. The molecule has 3 aromatic heterocycles. The molecular weight excluding hydrogens is 438 g/mol. The smallest absolute Gasteiger partial charge is 0.268 e. The molecule has 0 saturated carbocycles. The number of anilines is 1. The van der Waals surface area contributed by atoms with Crippen LogP contribution in [0.25, 0.3) is 21.5 Å². The summed E-state index contributed by atoms with van der Waals surface area (Å²) in [6.07, 6.45) is 5.05. The maximum atomic E-state index is 13.1. The van der Waals surface area contributed by atoms with E-state index in [0.717, 1.165) is 34.3 Å². The first-order valence-corrected chi connectivity index (χ1v) is 11.5. The summed E-state index contributed by atoms with van der Waals surface area (Å²) in [6, 6.07) is 13.3. The van der Waals surface area contributed by atoms with Crippen LogP contribution in [0.4, 0.5) is 5.95 Å². The van der Waals surface area contributed by atoms with Gasteiger partial charge >= 0.3 is 0 Å². The molecule has 166 valence electrons. The summed E-state index contributed by atoms with van der Waals surface area (Å²) >= 11 is 1.38. The van der Waals surface area contributed by atoms with Gasteiger partial charge in [0.1, 0.15) is 6.42 Å². The van der Waals surface area contributed by atoms with Crippen LogP contribution in [0.2, 0.25) is 0 Å². The van der Waals surface area contributed by atoms with Crippen LogP contribution < -0.4 is 5.32 Å². The number of amides is 2. The standard InChI is InChI=1S/C23H21N7O2S/c24-10-9-21(31)29-11-3-4-16(14-29)30-18-6-2-1-5-17(18)27-23(30)28-22(32)20-8-7-19(33-20)15-12-25-26-13-15/h1-2,5-8,12-13,16H,3-4,9,11,14H2,(H,25,26)(H,27,28,32). The quantitative estimate of drug-likeness (QED) is 0.470. The van der Waals surface area contributed by atoms with Gasteiger partial charge in [0, 0.05) is 29.7 Å². The molecular formula is C23H21N7O2S. The lowest BCUT2D eigenvalue weighted by molar-refractivity contribution is -0.131. The summed E-state index contributed by atoms with van der Waals surface area (Å²) in [4.78, 5) is 33.3. The van der Waals surface area contributed by atoms with Gasteiger partial charge in [-0.2, -0.15) is 10.4 Å². The zero-order valence-electron chi connectivity index (χ0n) is 17.7. The van der Waals surface area contributed by atoms with Crippen molar-refractivity contribution in [2.75, 3.05) is 18.4 Å². The highest BCUT2D eigenvalue weighted by molar-refractivity contribution is 7.17. The van der Waals surface area contributed by atoms with Crippen LogP contribution in [0.1, 0.15) is 35.0 Å². The Labute approximate surface area is 193 Å². The zero-order valence-corrected chi connectivity index (χ0v) is 18.5. The number of carbonyl (C=O) groups is 2. The Bertz CT molecular complexity index is 1350. The second-order valence-electron chi connectivity index (χ2n) is 7.87. The number of nitriles is 1. The van der Waals surface area contributed by atoms with E-state index in [1.807, 2.05) is 41.0 Å². The molecule has 1 aliphatic rings. The minimum Gasteiger partial charge on any atom is -0.340 e. The fourth-order valence-corrected chi connectivity index (χ4v) is 5.12. The molecule has 0 bridgehead atoms. The van der Waals surface area contributed by atoms with E-state index in [4.69, 9.17) is 5.26 Å². The molecule has 1 atom stereocenters. The lowest BCUT2D eigenvalue weighted by Crippen LogP contribution is -2.40. The van der Waals surface area contributed by atoms with Crippen LogP contribution in [0, 0.1) is 11.3 Å². The fraction of sp³-hybridized carbons (Fsp3) is 0.261. The van der Waals surface area contributed by atoms with Gasteiger partial charge < -0.3 is 9.47 Å². The maximum absolute atomic E-state index is 13.1. The molecule has 10 heteroatoms. The molecule has 0 aliphatic carbocycles. The number of likely N-dealkylation sites (tertiary alicyclic amines) is 1. The van der Waals surface area contributed by atoms with Crippen molar-refractivity contribution >= 4 is 40.1 Å². The van der Waals surface area contributed by atoms with Gasteiger partial charge in [0.05, 0.1) is 34.2 Å². The number of carbonyl (C=O) groups excluding carboxylic acids is 2. The number of aromatic amines is 1. The Morgan fingerprint density at radius 2 is 2.15 bits per heavy atom. The van der Waals surface area contributed by atoms with Gasteiger partial charge in [0.15, 0.2) is 0 Å². The molecule has 4 aromatic rings. The van der Waals surface area contributed by atoms with E-state index in [-0.39, 0.29) is 24.3 Å². The van der Waals surface area contributed by atoms with Crippen LogP contribution >= 0.6 is 11.3 Å². The van der Waals surface area contributed by atoms with Crippen LogP contribution in [-0.4, -0.2) is 49.6 Å². The van der Waals surface area contributed by atoms with E-state index in [2.05, 4.69) is 20.5 Å². The maximum Gasteiger partial charge on any atom is 0.268 e. The average Bonchev–Trinajstić information content (AvgIpc) is 3.58. The Morgan fingerprint density at radius 1 is 1.27 bits per heavy atom. The second-order valence-corrected chi connectivity index (χ2v) is 8.95. The fourth-order valence-electron chi connectivity index (χ4n) is 4.24. The van der Waals surface area contributed by atoms with Crippen molar-refractivity contribution in [3.63, 3.8) is 0 Å². The summed E-state index contributed by atoms with van der Waals surface area (Å²) < 4.78 is 2.02. The monoisotopic (exact) mass is 459 g/mol. The molecule has 1 saturated heterocycles. The van der Waals surface area contributed by atoms with Gasteiger partial charge in [-0.1, -0.05) is 12.1 Å². The van der Waals surface area contributed by atoms with Crippen LogP contribution in [0.5, 0.6) is 0 Å².